The van der Waals surface area contributed by atoms with Crippen molar-refractivity contribution in [1.29, 1.82) is 0 Å². The Kier molecular flexibility index (Phi) is 33.4. The van der Waals surface area contributed by atoms with Gasteiger partial charge < -0.3 is 9.47 Å². The fraction of sp³-hybridized carbons (Fsp3) is 0.641. The Morgan fingerprint density at radius 1 is 0.395 bits per heavy atom. The molecule has 4 nitrogen and oxygen atoms in total. The average molecular weight is 597 g/mol. The molecule has 0 aliphatic carbocycles. The van der Waals surface area contributed by atoms with E-state index in [0.717, 1.165) is 64.2 Å². The fourth-order valence-electron chi connectivity index (χ4n) is 4.22. The molecule has 244 valence electrons. The lowest BCUT2D eigenvalue weighted by Gasteiger charge is -2.06. The van der Waals surface area contributed by atoms with Crippen LogP contribution in [0.2, 0.25) is 0 Å². The maximum atomic E-state index is 11.9. The van der Waals surface area contributed by atoms with Crippen LogP contribution in [0.15, 0.2) is 72.9 Å². The van der Waals surface area contributed by atoms with Gasteiger partial charge in [0.15, 0.2) is 0 Å². The zero-order valence-corrected chi connectivity index (χ0v) is 27.8. The summed E-state index contributed by atoms with van der Waals surface area (Å²) >= 11 is 0. The van der Waals surface area contributed by atoms with E-state index >= 15 is 0 Å². The van der Waals surface area contributed by atoms with Crippen LogP contribution in [0, 0.1) is 0 Å². The highest BCUT2D eigenvalue weighted by atomic mass is 16.5. The molecule has 0 bridgehead atoms. The summed E-state index contributed by atoms with van der Waals surface area (Å²) in [6.45, 7) is 5.08. The standard InChI is InChI=1S/C39H64O4/c1-3-5-7-9-11-13-15-17-19-21-23-25-27-29-31-34-38(40)42-36-33-37-43-39(41)35-32-30-28-26-24-22-20-18-16-14-12-10-8-6-4-2/h11-14,17-20,23-26H,3-10,15-16,21-22,27-37H2,1-2H3/b13-11-,14-12?,19-17-,20-18?,25-23-,26-24?. The summed E-state index contributed by atoms with van der Waals surface area (Å²) in [7, 11) is 0. The summed E-state index contributed by atoms with van der Waals surface area (Å²) in [6, 6.07) is 0. The first-order valence-corrected chi connectivity index (χ1v) is 17.4. The molecule has 0 spiro atoms. The Morgan fingerprint density at radius 3 is 1.02 bits per heavy atom. The summed E-state index contributed by atoms with van der Waals surface area (Å²) in [5.41, 5.74) is 0. The minimum atomic E-state index is -0.167. The van der Waals surface area contributed by atoms with E-state index < -0.39 is 0 Å². The fourth-order valence-corrected chi connectivity index (χ4v) is 4.22. The van der Waals surface area contributed by atoms with Gasteiger partial charge in [0.2, 0.25) is 0 Å². The molecular formula is C39H64O4. The molecule has 0 amide bonds. The molecule has 4 heteroatoms. The van der Waals surface area contributed by atoms with Crippen LogP contribution >= 0.6 is 0 Å². The van der Waals surface area contributed by atoms with Crippen molar-refractivity contribution in [3.63, 3.8) is 0 Å². The van der Waals surface area contributed by atoms with Gasteiger partial charge in [-0.1, -0.05) is 112 Å². The molecule has 0 aliphatic rings. The van der Waals surface area contributed by atoms with Gasteiger partial charge in [-0.15, -0.1) is 0 Å². The second-order valence-electron chi connectivity index (χ2n) is 11.0. The van der Waals surface area contributed by atoms with Crippen molar-refractivity contribution in [2.24, 2.45) is 0 Å². The molecule has 0 heterocycles. The molecule has 0 saturated carbocycles. The maximum Gasteiger partial charge on any atom is 0.305 e. The Morgan fingerprint density at radius 2 is 0.698 bits per heavy atom. The van der Waals surface area contributed by atoms with Crippen molar-refractivity contribution in [2.75, 3.05) is 13.2 Å². The van der Waals surface area contributed by atoms with Crippen molar-refractivity contribution < 1.29 is 19.1 Å². The average Bonchev–Trinajstić information content (AvgIpc) is 3.00. The normalized spacial score (nSPS) is 12.3. The molecule has 0 rings (SSSR count). The Hall–Kier alpha value is -2.62. The molecule has 0 saturated heterocycles. The van der Waals surface area contributed by atoms with E-state index in [9.17, 15) is 9.59 Å². The van der Waals surface area contributed by atoms with E-state index in [-0.39, 0.29) is 11.9 Å². The van der Waals surface area contributed by atoms with Gasteiger partial charge in [0, 0.05) is 19.3 Å². The van der Waals surface area contributed by atoms with Crippen molar-refractivity contribution in [1.82, 2.24) is 0 Å². The molecule has 0 aromatic heterocycles. The third kappa shape index (κ3) is 35.5. The lowest BCUT2D eigenvalue weighted by molar-refractivity contribution is -0.146. The Labute approximate surface area is 265 Å². The van der Waals surface area contributed by atoms with Crippen LogP contribution in [0.25, 0.3) is 0 Å². The third-order valence-corrected chi connectivity index (χ3v) is 6.86. The maximum absolute atomic E-state index is 11.9. The molecule has 0 fully saturated rings. The minimum absolute atomic E-state index is 0.167. The van der Waals surface area contributed by atoms with E-state index in [1.54, 1.807) is 0 Å². The lowest BCUT2D eigenvalue weighted by atomic mass is 10.1. The van der Waals surface area contributed by atoms with E-state index in [2.05, 4.69) is 86.8 Å². The Bertz CT molecular complexity index is 734. The van der Waals surface area contributed by atoms with Crippen molar-refractivity contribution >= 4 is 11.9 Å². The number of ether oxygens (including phenoxy) is 2. The van der Waals surface area contributed by atoms with Crippen molar-refractivity contribution in [2.45, 2.75) is 149 Å². The minimum Gasteiger partial charge on any atom is -0.466 e. The summed E-state index contributed by atoms with van der Waals surface area (Å²) in [4.78, 5) is 23.7. The van der Waals surface area contributed by atoms with Gasteiger partial charge in [-0.25, -0.2) is 0 Å². The molecule has 0 aromatic rings. The lowest BCUT2D eigenvalue weighted by Crippen LogP contribution is -2.10. The van der Waals surface area contributed by atoms with Gasteiger partial charge in [-0.2, -0.15) is 0 Å². The molecule has 0 aromatic carbocycles. The quantitative estimate of drug-likeness (QED) is 0.0470. The van der Waals surface area contributed by atoms with E-state index in [1.807, 2.05) is 0 Å². The van der Waals surface area contributed by atoms with Crippen LogP contribution in [0.1, 0.15) is 149 Å². The molecule has 0 unspecified atom stereocenters. The molecule has 0 N–H and O–H groups in total. The molecule has 0 atom stereocenters. The largest absolute Gasteiger partial charge is 0.466 e. The molecular weight excluding hydrogens is 532 g/mol. The van der Waals surface area contributed by atoms with Crippen molar-refractivity contribution in [3.05, 3.63) is 72.9 Å². The van der Waals surface area contributed by atoms with Crippen LogP contribution in [0.4, 0.5) is 0 Å². The van der Waals surface area contributed by atoms with Crippen LogP contribution in [0.5, 0.6) is 0 Å². The predicted molar refractivity (Wildman–Crippen MR) is 185 cm³/mol. The highest BCUT2D eigenvalue weighted by molar-refractivity contribution is 5.69. The van der Waals surface area contributed by atoms with E-state index in [1.165, 1.54) is 51.4 Å². The first-order valence-electron chi connectivity index (χ1n) is 17.4. The van der Waals surface area contributed by atoms with Gasteiger partial charge in [0.1, 0.15) is 0 Å². The van der Waals surface area contributed by atoms with Gasteiger partial charge in [-0.05, 0) is 89.9 Å². The number of hydrogen-bond acceptors (Lipinski definition) is 4. The zero-order chi connectivity index (χ0) is 31.3. The van der Waals surface area contributed by atoms with Crippen LogP contribution < -0.4 is 0 Å². The van der Waals surface area contributed by atoms with Crippen LogP contribution in [0.3, 0.4) is 0 Å². The highest BCUT2D eigenvalue weighted by Crippen LogP contribution is 2.06. The molecule has 0 radical (unpaired) electrons. The molecule has 43 heavy (non-hydrogen) atoms. The van der Waals surface area contributed by atoms with E-state index in [4.69, 9.17) is 9.47 Å². The van der Waals surface area contributed by atoms with Gasteiger partial charge in [-0.3, -0.25) is 9.59 Å². The second kappa shape index (κ2) is 35.6. The van der Waals surface area contributed by atoms with Crippen molar-refractivity contribution in [3.8, 4) is 0 Å². The number of carbonyl (C=O) groups is 2. The molecule has 0 aliphatic heterocycles. The SMILES string of the molecule is CCCCCC=CCC=CCC=CCCCCC(=O)OCCCOC(=O)CCCC/C=C\C/C=C\C/C=C\CCCCC. The smallest absolute Gasteiger partial charge is 0.305 e. The highest BCUT2D eigenvalue weighted by Gasteiger charge is 2.04. The number of unbranched alkanes of at least 4 members (excludes halogenated alkanes) is 10. The summed E-state index contributed by atoms with van der Waals surface area (Å²) in [5.74, 6) is -0.335. The van der Waals surface area contributed by atoms with Gasteiger partial charge >= 0.3 is 11.9 Å². The zero-order valence-electron chi connectivity index (χ0n) is 27.8. The predicted octanol–water partition coefficient (Wildman–Crippen LogP) is 11.6. The number of carbonyl (C=O) groups excluding carboxylic acids is 2. The monoisotopic (exact) mass is 596 g/mol. The third-order valence-electron chi connectivity index (χ3n) is 6.86. The summed E-state index contributed by atoms with van der Waals surface area (Å²) < 4.78 is 10.5. The number of rotatable bonds is 30. The number of hydrogen-bond donors (Lipinski definition) is 0. The van der Waals surface area contributed by atoms with Crippen LogP contribution in [-0.2, 0) is 19.1 Å². The summed E-state index contributed by atoms with van der Waals surface area (Å²) in [5, 5.41) is 0. The number of esters is 2. The number of allylic oxidation sites excluding steroid dienone is 12. The van der Waals surface area contributed by atoms with Gasteiger partial charge in [0.25, 0.3) is 0 Å². The van der Waals surface area contributed by atoms with Gasteiger partial charge in [0.05, 0.1) is 13.2 Å². The van der Waals surface area contributed by atoms with E-state index in [0.29, 0.717) is 32.5 Å². The first kappa shape index (κ1) is 40.4. The first-order chi connectivity index (χ1) is 21.2. The second-order valence-corrected chi connectivity index (χ2v) is 11.0. The Balaban J connectivity index is 3.49. The topological polar surface area (TPSA) is 52.6 Å². The summed E-state index contributed by atoms with van der Waals surface area (Å²) in [6.07, 6.45) is 47.8. The van der Waals surface area contributed by atoms with Crippen LogP contribution in [-0.4, -0.2) is 25.2 Å².